The van der Waals surface area contributed by atoms with Crippen LogP contribution in [-0.2, 0) is 19.1 Å². The highest BCUT2D eigenvalue weighted by molar-refractivity contribution is 6.00. The van der Waals surface area contributed by atoms with E-state index in [1.165, 1.54) is 9.80 Å². The Labute approximate surface area is 248 Å². The number of hydrogen-bond acceptors (Lipinski definition) is 10. The van der Waals surface area contributed by atoms with Crippen molar-refractivity contribution in [2.24, 2.45) is 4.99 Å². The first-order chi connectivity index (χ1) is 20.7. The van der Waals surface area contributed by atoms with Crippen LogP contribution in [-0.4, -0.2) is 118 Å². The van der Waals surface area contributed by atoms with Gasteiger partial charge in [0.1, 0.15) is 23.4 Å². The number of amides is 3. The fourth-order valence-corrected chi connectivity index (χ4v) is 4.55. The molecule has 43 heavy (non-hydrogen) atoms. The van der Waals surface area contributed by atoms with E-state index in [9.17, 15) is 24.3 Å². The number of carboxylic acids is 1. The summed E-state index contributed by atoms with van der Waals surface area (Å²) >= 11 is 0. The van der Waals surface area contributed by atoms with E-state index in [1.54, 1.807) is 13.0 Å². The third kappa shape index (κ3) is 8.95. The Kier molecular flexibility index (Phi) is 11.9. The lowest BCUT2D eigenvalue weighted by Gasteiger charge is -2.35. The lowest BCUT2D eigenvalue weighted by Crippen LogP contribution is -2.56. The van der Waals surface area contributed by atoms with Crippen molar-refractivity contribution in [1.29, 1.82) is 0 Å². The summed E-state index contributed by atoms with van der Waals surface area (Å²) in [4.78, 5) is 77.1. The molecule has 1 unspecified atom stereocenters. The van der Waals surface area contributed by atoms with Crippen LogP contribution in [0.1, 0.15) is 37.2 Å². The van der Waals surface area contributed by atoms with Crippen molar-refractivity contribution in [3.05, 3.63) is 42.1 Å². The van der Waals surface area contributed by atoms with Gasteiger partial charge in [0, 0.05) is 50.8 Å². The van der Waals surface area contributed by atoms with Crippen molar-refractivity contribution in [3.8, 4) is 11.4 Å². The van der Waals surface area contributed by atoms with Gasteiger partial charge in [-0.3, -0.25) is 24.2 Å². The zero-order chi connectivity index (χ0) is 31.4. The predicted octanol–water partition coefficient (Wildman–Crippen LogP) is 1.35. The molecule has 2 aromatic rings. The first-order valence-electron chi connectivity index (χ1n) is 13.7. The van der Waals surface area contributed by atoms with Crippen molar-refractivity contribution in [2.45, 2.75) is 32.7 Å². The quantitative estimate of drug-likeness (QED) is 0.353. The predicted molar refractivity (Wildman–Crippen MR) is 155 cm³/mol. The smallest absolute Gasteiger partial charge is 0.409 e. The monoisotopic (exact) mass is 597 g/mol. The number of amidine groups is 1. The molecule has 15 nitrogen and oxygen atoms in total. The number of carbonyl (C=O) groups excluding carboxylic acids is 3. The number of hydrogen-bond donors (Lipinski definition) is 3. The van der Waals surface area contributed by atoms with Crippen LogP contribution in [0.2, 0.25) is 0 Å². The average molecular weight is 598 g/mol. The number of piperazine rings is 1. The lowest BCUT2D eigenvalue weighted by molar-refractivity contribution is -0.138. The number of ether oxygens (including phenoxy) is 1. The standard InChI is InChI=1S/C27H33N7O6.CH2O2/c1-3-40-27(39)33-15-13-32(14-16-33)26(38)20(9-10-23(35)36)30-25(37)21-17-22(34-12-11-28-18(34)2)31-24(29-21)19-7-5-4-6-8-19;2-1-3/h4-8,17,20H,3,9-16H2,1-2H3,(H,30,37)(H,35,36);1H,(H,2,3). The number of aliphatic carboxylic acids is 1. The maximum Gasteiger partial charge on any atom is 0.409 e. The largest absolute Gasteiger partial charge is 0.483 e. The Morgan fingerprint density at radius 3 is 2.28 bits per heavy atom. The first-order valence-corrected chi connectivity index (χ1v) is 13.7. The Morgan fingerprint density at radius 1 is 1.05 bits per heavy atom. The molecule has 15 heteroatoms. The molecule has 0 aliphatic carbocycles. The van der Waals surface area contributed by atoms with E-state index in [1.807, 2.05) is 42.2 Å². The molecule has 1 aromatic carbocycles. The molecule has 4 rings (SSSR count). The molecule has 2 aliphatic rings. The minimum atomic E-state index is -1.09. The molecule has 0 bridgehead atoms. The molecule has 0 radical (unpaired) electrons. The van der Waals surface area contributed by atoms with Gasteiger partial charge in [0.25, 0.3) is 12.4 Å². The number of carboxylic acid groups (broad SMARTS) is 2. The molecule has 1 fully saturated rings. The Balaban J connectivity index is 0.00000162. The van der Waals surface area contributed by atoms with Crippen LogP contribution in [0.5, 0.6) is 0 Å². The maximum atomic E-state index is 13.5. The van der Waals surface area contributed by atoms with Gasteiger partial charge in [-0.1, -0.05) is 30.3 Å². The van der Waals surface area contributed by atoms with E-state index in [0.29, 0.717) is 30.3 Å². The second kappa shape index (κ2) is 15.8. The van der Waals surface area contributed by atoms with E-state index >= 15 is 0 Å². The minimum Gasteiger partial charge on any atom is -0.483 e. The summed E-state index contributed by atoms with van der Waals surface area (Å²) in [5.74, 6) is -0.520. The van der Waals surface area contributed by atoms with Crippen molar-refractivity contribution < 1.29 is 38.9 Å². The van der Waals surface area contributed by atoms with Gasteiger partial charge in [0.05, 0.1) is 13.2 Å². The third-order valence-corrected chi connectivity index (χ3v) is 6.68. The summed E-state index contributed by atoms with van der Waals surface area (Å²) < 4.78 is 5.02. The summed E-state index contributed by atoms with van der Waals surface area (Å²) in [5.41, 5.74) is 0.758. The van der Waals surface area contributed by atoms with Crippen LogP contribution >= 0.6 is 0 Å². The topological polar surface area (TPSA) is 195 Å². The van der Waals surface area contributed by atoms with Crippen molar-refractivity contribution in [1.82, 2.24) is 25.1 Å². The Bertz CT molecular complexity index is 1330. The molecule has 1 aromatic heterocycles. The number of anilines is 1. The zero-order valence-electron chi connectivity index (χ0n) is 24.0. The van der Waals surface area contributed by atoms with Crippen molar-refractivity contribution >= 4 is 42.0 Å². The second-order valence-electron chi connectivity index (χ2n) is 9.46. The van der Waals surface area contributed by atoms with Crippen LogP contribution in [0.15, 0.2) is 41.4 Å². The van der Waals surface area contributed by atoms with Gasteiger partial charge in [-0.2, -0.15) is 0 Å². The molecular formula is C28H35N7O8. The fraction of sp³-hybridized carbons (Fsp3) is 0.429. The molecule has 2 aliphatic heterocycles. The van der Waals surface area contributed by atoms with E-state index in [4.69, 9.17) is 14.6 Å². The average Bonchev–Trinajstić information content (AvgIpc) is 3.45. The number of benzene rings is 1. The number of aliphatic imine (C=N–C) groups is 1. The lowest BCUT2D eigenvalue weighted by atomic mass is 10.1. The number of rotatable bonds is 9. The molecule has 0 spiro atoms. The van der Waals surface area contributed by atoms with Crippen LogP contribution in [0.25, 0.3) is 11.4 Å². The number of carbonyl (C=O) groups is 5. The summed E-state index contributed by atoms with van der Waals surface area (Å²) in [7, 11) is 0. The molecule has 1 atom stereocenters. The zero-order valence-corrected chi connectivity index (χ0v) is 24.0. The van der Waals surface area contributed by atoms with Crippen molar-refractivity contribution in [3.63, 3.8) is 0 Å². The van der Waals surface area contributed by atoms with Gasteiger partial charge < -0.3 is 35.0 Å². The van der Waals surface area contributed by atoms with Gasteiger partial charge in [-0.05, 0) is 20.3 Å². The number of nitrogens with one attached hydrogen (secondary N) is 1. The van der Waals surface area contributed by atoms with Crippen LogP contribution in [0.3, 0.4) is 0 Å². The summed E-state index contributed by atoms with van der Waals surface area (Å²) in [6, 6.07) is 9.67. The van der Waals surface area contributed by atoms with Gasteiger partial charge >= 0.3 is 12.1 Å². The van der Waals surface area contributed by atoms with Gasteiger partial charge in [-0.25, -0.2) is 14.8 Å². The van der Waals surface area contributed by atoms with E-state index in [2.05, 4.69) is 20.3 Å². The molecule has 3 amide bonds. The maximum absolute atomic E-state index is 13.5. The molecule has 0 saturated carbocycles. The number of nitrogens with zero attached hydrogens (tertiary/aromatic N) is 6. The van der Waals surface area contributed by atoms with Gasteiger partial charge in [0.15, 0.2) is 5.82 Å². The van der Waals surface area contributed by atoms with Gasteiger partial charge in [0.2, 0.25) is 5.91 Å². The van der Waals surface area contributed by atoms with E-state index in [0.717, 1.165) is 5.84 Å². The SMILES string of the molecule is CCOC(=O)N1CCN(C(=O)C(CCC(=O)O)NC(=O)c2cc(N3CCN=C3C)nc(-c3ccccc3)n2)CC1.O=CO. The normalized spacial score (nSPS) is 15.0. The summed E-state index contributed by atoms with van der Waals surface area (Å²) in [6.45, 7) is 5.81. The Hall–Kier alpha value is -5.08. The minimum absolute atomic E-state index is 0.0452. The van der Waals surface area contributed by atoms with Crippen molar-refractivity contribution in [2.75, 3.05) is 50.8 Å². The van der Waals surface area contributed by atoms with Crippen LogP contribution < -0.4 is 10.2 Å². The highest BCUT2D eigenvalue weighted by Crippen LogP contribution is 2.22. The second-order valence-corrected chi connectivity index (χ2v) is 9.46. The third-order valence-electron chi connectivity index (χ3n) is 6.68. The van der Waals surface area contributed by atoms with E-state index < -0.39 is 29.9 Å². The molecule has 1 saturated heterocycles. The van der Waals surface area contributed by atoms with Crippen LogP contribution in [0.4, 0.5) is 10.6 Å². The fourth-order valence-electron chi connectivity index (χ4n) is 4.55. The molecular weight excluding hydrogens is 562 g/mol. The van der Waals surface area contributed by atoms with E-state index in [-0.39, 0.29) is 57.8 Å². The molecule has 3 N–H and O–H groups in total. The highest BCUT2D eigenvalue weighted by Gasteiger charge is 2.31. The first kappa shape index (κ1) is 32.4. The Morgan fingerprint density at radius 2 is 1.70 bits per heavy atom. The number of aromatic nitrogens is 2. The summed E-state index contributed by atoms with van der Waals surface area (Å²) in [5, 5.41) is 18.9. The summed E-state index contributed by atoms with van der Waals surface area (Å²) in [6.07, 6.45) is -0.857. The molecule has 230 valence electrons. The van der Waals surface area contributed by atoms with Gasteiger partial charge in [-0.15, -0.1) is 0 Å². The highest BCUT2D eigenvalue weighted by atomic mass is 16.6. The van der Waals surface area contributed by atoms with Crippen LogP contribution in [0, 0.1) is 0 Å². The molecule has 3 heterocycles.